The minimum Gasteiger partial charge on any atom is -0.489 e. The molecule has 4 rings (SSSR count). The lowest BCUT2D eigenvalue weighted by atomic mass is 10.0. The van der Waals surface area contributed by atoms with Crippen LogP contribution in [0.15, 0.2) is 36.4 Å². The average molecular weight is 515 g/mol. The molecule has 0 unspecified atom stereocenters. The number of carbonyl (C=O) groups excluding carboxylic acids is 2. The van der Waals surface area contributed by atoms with Gasteiger partial charge in [0.2, 0.25) is 5.91 Å². The van der Waals surface area contributed by atoms with Gasteiger partial charge in [-0.2, -0.15) is 0 Å². The highest BCUT2D eigenvalue weighted by Gasteiger charge is 2.32. The zero-order valence-electron chi connectivity index (χ0n) is 21.3. The summed E-state index contributed by atoms with van der Waals surface area (Å²) < 4.78 is 17.0. The molecule has 1 fully saturated rings. The van der Waals surface area contributed by atoms with E-state index in [2.05, 4.69) is 18.7 Å². The Balaban J connectivity index is 1.44. The Morgan fingerprint density at radius 3 is 2.75 bits per heavy atom. The number of ether oxygens (including phenoxy) is 3. The zero-order valence-corrected chi connectivity index (χ0v) is 22.1. The summed E-state index contributed by atoms with van der Waals surface area (Å²) in [6, 6.07) is 11.4. The molecule has 0 saturated carbocycles. The van der Waals surface area contributed by atoms with Gasteiger partial charge in [0.05, 0.1) is 24.2 Å². The Morgan fingerprint density at radius 2 is 1.97 bits per heavy atom. The lowest BCUT2D eigenvalue weighted by molar-refractivity contribution is -0.136. The predicted octanol–water partition coefficient (Wildman–Crippen LogP) is 4.93. The van der Waals surface area contributed by atoms with Crippen molar-refractivity contribution < 1.29 is 23.8 Å². The highest BCUT2D eigenvalue weighted by atomic mass is 35.5. The van der Waals surface area contributed by atoms with E-state index in [1.807, 2.05) is 35.2 Å². The summed E-state index contributed by atoms with van der Waals surface area (Å²) in [5.74, 6) is 1.87. The van der Waals surface area contributed by atoms with Crippen molar-refractivity contribution in [2.75, 3.05) is 32.8 Å². The van der Waals surface area contributed by atoms with E-state index in [0.717, 1.165) is 30.5 Å². The SMILES string of the molecule is CC(=O)Oc1ccccc1CN1CC[C@@H](C(=O)N(Cc2cc(Cl)c3c(c2)OCCCO3)CC(C)C)C1. The molecule has 1 saturated heterocycles. The molecule has 194 valence electrons. The number of rotatable bonds is 8. The number of esters is 1. The van der Waals surface area contributed by atoms with Gasteiger partial charge in [0.1, 0.15) is 5.75 Å². The molecule has 36 heavy (non-hydrogen) atoms. The van der Waals surface area contributed by atoms with Crippen LogP contribution < -0.4 is 14.2 Å². The van der Waals surface area contributed by atoms with Crippen LogP contribution in [0, 0.1) is 11.8 Å². The molecule has 2 aromatic rings. The number of benzene rings is 2. The smallest absolute Gasteiger partial charge is 0.308 e. The van der Waals surface area contributed by atoms with Crippen molar-refractivity contribution in [3.05, 3.63) is 52.5 Å². The molecule has 0 aliphatic carbocycles. The Morgan fingerprint density at radius 1 is 1.19 bits per heavy atom. The monoisotopic (exact) mass is 514 g/mol. The number of amides is 1. The van der Waals surface area contributed by atoms with Crippen LogP contribution >= 0.6 is 11.6 Å². The van der Waals surface area contributed by atoms with Crippen molar-refractivity contribution in [3.63, 3.8) is 0 Å². The minimum atomic E-state index is -0.337. The first-order valence-corrected chi connectivity index (χ1v) is 13.0. The maximum atomic E-state index is 13.7. The van der Waals surface area contributed by atoms with Crippen molar-refractivity contribution in [3.8, 4) is 17.2 Å². The van der Waals surface area contributed by atoms with E-state index in [1.165, 1.54) is 6.92 Å². The fourth-order valence-corrected chi connectivity index (χ4v) is 5.12. The molecule has 0 spiro atoms. The van der Waals surface area contributed by atoms with E-state index in [-0.39, 0.29) is 17.8 Å². The van der Waals surface area contributed by atoms with Crippen molar-refractivity contribution >= 4 is 23.5 Å². The first kappa shape index (κ1) is 26.3. The second kappa shape index (κ2) is 12.0. The molecule has 2 aromatic carbocycles. The number of nitrogens with zero attached hydrogens (tertiary/aromatic N) is 2. The lowest BCUT2D eigenvalue weighted by Crippen LogP contribution is -2.39. The Labute approximate surface area is 218 Å². The number of halogens is 1. The van der Waals surface area contributed by atoms with Gasteiger partial charge >= 0.3 is 5.97 Å². The number of hydrogen-bond acceptors (Lipinski definition) is 6. The summed E-state index contributed by atoms with van der Waals surface area (Å²) in [4.78, 5) is 29.3. The van der Waals surface area contributed by atoms with Crippen molar-refractivity contribution in [1.82, 2.24) is 9.80 Å². The maximum Gasteiger partial charge on any atom is 0.308 e. The summed E-state index contributed by atoms with van der Waals surface area (Å²) >= 11 is 6.51. The van der Waals surface area contributed by atoms with Crippen LogP contribution in [-0.2, 0) is 22.7 Å². The van der Waals surface area contributed by atoms with Gasteiger partial charge in [0.25, 0.3) is 0 Å². The third-order valence-corrected chi connectivity index (χ3v) is 6.66. The zero-order chi connectivity index (χ0) is 25.7. The summed E-state index contributed by atoms with van der Waals surface area (Å²) in [5.41, 5.74) is 1.88. The van der Waals surface area contributed by atoms with Crippen LogP contribution in [-0.4, -0.2) is 54.5 Å². The fourth-order valence-electron chi connectivity index (χ4n) is 4.83. The van der Waals surface area contributed by atoms with E-state index in [0.29, 0.717) is 67.6 Å². The highest BCUT2D eigenvalue weighted by molar-refractivity contribution is 6.32. The number of likely N-dealkylation sites (tertiary alicyclic amines) is 1. The van der Waals surface area contributed by atoms with Crippen LogP contribution in [0.1, 0.15) is 44.7 Å². The third kappa shape index (κ3) is 6.71. The molecule has 2 aliphatic rings. The predicted molar refractivity (Wildman–Crippen MR) is 138 cm³/mol. The molecule has 8 heteroatoms. The number of hydrogen-bond donors (Lipinski definition) is 0. The van der Waals surface area contributed by atoms with Gasteiger partial charge in [-0.25, -0.2) is 0 Å². The van der Waals surface area contributed by atoms with Crippen molar-refractivity contribution in [2.45, 2.75) is 46.7 Å². The van der Waals surface area contributed by atoms with Crippen LogP contribution in [0.25, 0.3) is 0 Å². The maximum absolute atomic E-state index is 13.7. The topological polar surface area (TPSA) is 68.3 Å². The molecule has 0 radical (unpaired) electrons. The normalized spacial score (nSPS) is 17.6. The van der Waals surface area contributed by atoms with Gasteiger partial charge in [-0.1, -0.05) is 43.6 Å². The first-order chi connectivity index (χ1) is 17.3. The molecule has 1 amide bonds. The van der Waals surface area contributed by atoms with E-state index >= 15 is 0 Å². The molecule has 2 heterocycles. The van der Waals surface area contributed by atoms with Crippen molar-refractivity contribution in [1.29, 1.82) is 0 Å². The van der Waals surface area contributed by atoms with Crippen LogP contribution in [0.5, 0.6) is 17.2 Å². The van der Waals surface area contributed by atoms with Gasteiger partial charge in [0, 0.05) is 45.1 Å². The van der Waals surface area contributed by atoms with E-state index < -0.39 is 0 Å². The van der Waals surface area contributed by atoms with Gasteiger partial charge < -0.3 is 19.1 Å². The quantitative estimate of drug-likeness (QED) is 0.367. The largest absolute Gasteiger partial charge is 0.489 e. The van der Waals surface area contributed by atoms with E-state index in [9.17, 15) is 9.59 Å². The molecular weight excluding hydrogens is 480 g/mol. The van der Waals surface area contributed by atoms with Crippen LogP contribution in [0.2, 0.25) is 5.02 Å². The molecule has 7 nitrogen and oxygen atoms in total. The summed E-state index contributed by atoms with van der Waals surface area (Å²) in [6.07, 6.45) is 1.60. The van der Waals surface area contributed by atoms with E-state index in [4.69, 9.17) is 25.8 Å². The Hall–Kier alpha value is -2.77. The van der Waals surface area contributed by atoms with Crippen molar-refractivity contribution in [2.24, 2.45) is 11.8 Å². The second-order valence-corrected chi connectivity index (χ2v) is 10.4. The van der Waals surface area contributed by atoms with Gasteiger partial charge in [0.15, 0.2) is 11.5 Å². The highest BCUT2D eigenvalue weighted by Crippen LogP contribution is 2.38. The Kier molecular flexibility index (Phi) is 8.75. The standard InChI is InChI=1S/C28H35ClN2O5/c1-19(2)15-31(16-21-13-24(29)27-26(14-21)34-11-6-12-35-27)28(33)23-9-10-30(18-23)17-22-7-4-5-8-25(22)36-20(3)32/h4-5,7-8,13-14,19,23H,6,9-12,15-18H2,1-3H3/t23-/m1/s1. The summed E-state index contributed by atoms with van der Waals surface area (Å²) in [6.45, 7) is 10.1. The number of fused-ring (bicyclic) bond motifs is 1. The van der Waals surface area contributed by atoms with Crippen LogP contribution in [0.4, 0.5) is 0 Å². The van der Waals surface area contributed by atoms with Crippen LogP contribution in [0.3, 0.4) is 0 Å². The van der Waals surface area contributed by atoms with Gasteiger partial charge in [-0.15, -0.1) is 0 Å². The number of para-hydroxylation sites is 1. The minimum absolute atomic E-state index is 0.0829. The molecule has 2 aliphatic heterocycles. The van der Waals surface area contributed by atoms with E-state index in [1.54, 1.807) is 6.07 Å². The molecular formula is C28H35ClN2O5. The van der Waals surface area contributed by atoms with Gasteiger partial charge in [-0.05, 0) is 42.6 Å². The third-order valence-electron chi connectivity index (χ3n) is 6.37. The second-order valence-electron chi connectivity index (χ2n) is 9.99. The molecule has 0 N–H and O–H groups in total. The number of carbonyl (C=O) groups is 2. The Bertz CT molecular complexity index is 1090. The fraction of sp³-hybridized carbons (Fsp3) is 0.500. The molecule has 1 atom stereocenters. The molecule has 0 aromatic heterocycles. The average Bonchev–Trinajstić information content (AvgIpc) is 3.15. The van der Waals surface area contributed by atoms with Gasteiger partial charge in [-0.3, -0.25) is 14.5 Å². The molecule has 0 bridgehead atoms. The lowest BCUT2D eigenvalue weighted by Gasteiger charge is -2.28. The first-order valence-electron chi connectivity index (χ1n) is 12.7. The summed E-state index contributed by atoms with van der Waals surface area (Å²) in [5, 5.41) is 0.514. The summed E-state index contributed by atoms with van der Waals surface area (Å²) in [7, 11) is 0.